The van der Waals surface area contributed by atoms with E-state index in [1.807, 2.05) is 0 Å². The molecule has 0 aromatic heterocycles. The first-order valence-electron chi connectivity index (χ1n) is 1.75. The molecule has 0 heterocycles. The molecule has 0 saturated heterocycles. The predicted octanol–water partition coefficient (Wildman–Crippen LogP) is 2.30. The van der Waals surface area contributed by atoms with Crippen LogP contribution in [-0.4, -0.2) is 22.9 Å². The maximum Gasteiger partial charge on any atom is 0.0758 e. The first kappa shape index (κ1) is 11.9. The number of nitrogens with zero attached hydrogens (tertiary/aromatic N) is 1. The van der Waals surface area contributed by atoms with Crippen molar-refractivity contribution in [3.63, 3.8) is 0 Å². The van der Waals surface area contributed by atoms with E-state index >= 15 is 0 Å². The largest absolute Gasteiger partial charge is 0.262 e. The summed E-state index contributed by atoms with van der Waals surface area (Å²) in [6.07, 6.45) is 0. The van der Waals surface area contributed by atoms with E-state index in [1.54, 1.807) is 4.90 Å². The standard InChI is InChI=1S/C3H6Cl3N.ClH/c4-1-7(2-5)3-6;/h1-3H2;1H. The van der Waals surface area contributed by atoms with E-state index in [9.17, 15) is 0 Å². The van der Waals surface area contributed by atoms with E-state index in [-0.39, 0.29) is 12.4 Å². The van der Waals surface area contributed by atoms with Crippen molar-refractivity contribution in [1.29, 1.82) is 0 Å². The summed E-state index contributed by atoms with van der Waals surface area (Å²) in [7, 11) is 0. The minimum Gasteiger partial charge on any atom is -0.262 e. The van der Waals surface area contributed by atoms with E-state index < -0.39 is 0 Å². The van der Waals surface area contributed by atoms with Crippen LogP contribution in [0.1, 0.15) is 0 Å². The zero-order chi connectivity index (χ0) is 5.70. The van der Waals surface area contributed by atoms with Crippen LogP contribution >= 0.6 is 47.2 Å². The van der Waals surface area contributed by atoms with Crippen molar-refractivity contribution >= 4 is 47.2 Å². The van der Waals surface area contributed by atoms with Gasteiger partial charge in [-0.3, -0.25) is 4.90 Å². The first-order valence-corrected chi connectivity index (χ1v) is 3.35. The van der Waals surface area contributed by atoms with E-state index in [0.29, 0.717) is 18.0 Å². The molecule has 0 aromatic carbocycles. The van der Waals surface area contributed by atoms with Gasteiger partial charge < -0.3 is 0 Å². The zero-order valence-electron chi connectivity index (χ0n) is 4.11. The molecule has 0 amide bonds. The van der Waals surface area contributed by atoms with Gasteiger partial charge in [0.25, 0.3) is 0 Å². The molecule has 0 aliphatic heterocycles. The van der Waals surface area contributed by atoms with Crippen molar-refractivity contribution < 1.29 is 0 Å². The van der Waals surface area contributed by atoms with Crippen LogP contribution in [0, 0.1) is 0 Å². The van der Waals surface area contributed by atoms with Gasteiger partial charge >= 0.3 is 0 Å². The molecule has 0 aliphatic rings. The van der Waals surface area contributed by atoms with Gasteiger partial charge in [-0.05, 0) is 0 Å². The number of rotatable bonds is 3. The third-order valence-electron chi connectivity index (χ3n) is 0.507. The SMILES string of the molecule is Cl.ClCN(CCl)CCl. The Kier molecular flexibility index (Phi) is 12.0. The topological polar surface area (TPSA) is 3.24 Å². The van der Waals surface area contributed by atoms with Gasteiger partial charge in [0.1, 0.15) is 0 Å². The molecule has 0 atom stereocenters. The highest BCUT2D eigenvalue weighted by Gasteiger charge is 1.94. The van der Waals surface area contributed by atoms with E-state index in [4.69, 9.17) is 34.8 Å². The highest BCUT2D eigenvalue weighted by Crippen LogP contribution is 1.94. The average molecular weight is 199 g/mol. The summed E-state index contributed by atoms with van der Waals surface area (Å²) in [5.74, 6) is 0. The van der Waals surface area contributed by atoms with Crippen LogP contribution in [0.15, 0.2) is 0 Å². The molecule has 5 heteroatoms. The number of halogens is 4. The molecule has 0 bridgehead atoms. The fourth-order valence-electron chi connectivity index (χ4n) is 0.0958. The molecule has 0 spiro atoms. The number of alkyl halides is 3. The van der Waals surface area contributed by atoms with E-state index in [1.165, 1.54) is 0 Å². The van der Waals surface area contributed by atoms with E-state index in [0.717, 1.165) is 0 Å². The van der Waals surface area contributed by atoms with Crippen LogP contribution in [0.25, 0.3) is 0 Å². The van der Waals surface area contributed by atoms with Crippen LogP contribution in [0.5, 0.6) is 0 Å². The Labute approximate surface area is 70.3 Å². The second-order valence-electron chi connectivity index (χ2n) is 1.03. The molecule has 0 fully saturated rings. The van der Waals surface area contributed by atoms with Crippen LogP contribution in [0.3, 0.4) is 0 Å². The molecule has 0 N–H and O–H groups in total. The van der Waals surface area contributed by atoms with Crippen molar-refractivity contribution in [3.8, 4) is 0 Å². The van der Waals surface area contributed by atoms with Gasteiger partial charge in [0.2, 0.25) is 0 Å². The first-order chi connectivity index (χ1) is 3.35. The second-order valence-corrected chi connectivity index (χ2v) is 1.75. The van der Waals surface area contributed by atoms with Gasteiger partial charge in [-0.15, -0.1) is 47.2 Å². The summed E-state index contributed by atoms with van der Waals surface area (Å²) < 4.78 is 0. The van der Waals surface area contributed by atoms with Gasteiger partial charge in [0.15, 0.2) is 0 Å². The van der Waals surface area contributed by atoms with Crippen molar-refractivity contribution in [3.05, 3.63) is 0 Å². The Bertz CT molecular complexity index is 32.8. The van der Waals surface area contributed by atoms with Crippen LogP contribution < -0.4 is 0 Å². The summed E-state index contributed by atoms with van der Waals surface area (Å²) in [4.78, 5) is 1.67. The van der Waals surface area contributed by atoms with Gasteiger partial charge in [-0.2, -0.15) is 0 Å². The zero-order valence-corrected chi connectivity index (χ0v) is 7.19. The van der Waals surface area contributed by atoms with E-state index in [2.05, 4.69) is 0 Å². The molecule has 0 aliphatic carbocycles. The smallest absolute Gasteiger partial charge is 0.0758 e. The van der Waals surface area contributed by atoms with Crippen molar-refractivity contribution in [2.24, 2.45) is 0 Å². The van der Waals surface area contributed by atoms with Gasteiger partial charge in [0, 0.05) is 0 Å². The van der Waals surface area contributed by atoms with Crippen molar-refractivity contribution in [2.45, 2.75) is 0 Å². The lowest BCUT2D eigenvalue weighted by molar-refractivity contribution is 0.435. The molecular formula is C3H7Cl4N. The highest BCUT2D eigenvalue weighted by molar-refractivity contribution is 6.22. The molecule has 0 aromatic rings. The second kappa shape index (κ2) is 8.12. The summed E-state index contributed by atoms with van der Waals surface area (Å²) in [6, 6.07) is 1.19. The van der Waals surface area contributed by atoms with Crippen LogP contribution in [0.4, 0.5) is 0 Å². The predicted molar refractivity (Wildman–Crippen MR) is 41.2 cm³/mol. The normalized spacial score (nSPS) is 9.00. The summed E-state index contributed by atoms with van der Waals surface area (Å²) in [5, 5.41) is 0. The summed E-state index contributed by atoms with van der Waals surface area (Å²) in [6.45, 7) is 0. The molecule has 0 unspecified atom stereocenters. The number of hydrogen-bond acceptors (Lipinski definition) is 1. The number of hydrogen-bond donors (Lipinski definition) is 0. The van der Waals surface area contributed by atoms with Gasteiger partial charge in [-0.1, -0.05) is 0 Å². The maximum absolute atomic E-state index is 5.32. The van der Waals surface area contributed by atoms with Crippen molar-refractivity contribution in [1.82, 2.24) is 4.90 Å². The Morgan fingerprint density at radius 3 is 1.12 bits per heavy atom. The fourth-order valence-corrected chi connectivity index (χ4v) is 0.862. The Morgan fingerprint density at radius 1 is 0.875 bits per heavy atom. The van der Waals surface area contributed by atoms with Crippen LogP contribution in [0.2, 0.25) is 0 Å². The molecular weight excluding hydrogens is 192 g/mol. The quantitative estimate of drug-likeness (QED) is 0.497. The monoisotopic (exact) mass is 197 g/mol. The molecule has 8 heavy (non-hydrogen) atoms. The lowest BCUT2D eigenvalue weighted by Crippen LogP contribution is -2.17. The van der Waals surface area contributed by atoms with Crippen molar-refractivity contribution in [2.75, 3.05) is 18.0 Å². The minimum atomic E-state index is 0. The average Bonchev–Trinajstić information content (AvgIpc) is 1.72. The maximum atomic E-state index is 5.32. The third-order valence-corrected chi connectivity index (χ3v) is 1.52. The lowest BCUT2D eigenvalue weighted by Gasteiger charge is -2.08. The Hall–Kier alpha value is 1.12. The molecule has 1 nitrogen and oxygen atoms in total. The fraction of sp³-hybridized carbons (Fsp3) is 1.00. The Balaban J connectivity index is 0. The third kappa shape index (κ3) is 5.26. The lowest BCUT2D eigenvalue weighted by atomic mass is 11.0. The summed E-state index contributed by atoms with van der Waals surface area (Å²) >= 11 is 16.0. The molecule has 0 saturated carbocycles. The van der Waals surface area contributed by atoms with Gasteiger partial charge in [0.05, 0.1) is 18.0 Å². The minimum absolute atomic E-state index is 0. The highest BCUT2D eigenvalue weighted by atomic mass is 35.5. The van der Waals surface area contributed by atoms with Gasteiger partial charge in [-0.25, -0.2) is 0 Å². The summed E-state index contributed by atoms with van der Waals surface area (Å²) in [5.41, 5.74) is 0. The molecule has 52 valence electrons. The van der Waals surface area contributed by atoms with Crippen LogP contribution in [-0.2, 0) is 0 Å². The molecule has 0 radical (unpaired) electrons. The molecule has 0 rings (SSSR count). The Morgan fingerprint density at radius 2 is 1.12 bits per heavy atom.